The smallest absolute Gasteiger partial charge is 0.224 e. The van der Waals surface area contributed by atoms with E-state index in [1.54, 1.807) is 6.92 Å². The molecule has 0 saturated carbocycles. The van der Waals surface area contributed by atoms with Crippen molar-refractivity contribution in [3.8, 4) is 0 Å². The molecule has 1 heterocycles. The van der Waals surface area contributed by atoms with Crippen molar-refractivity contribution in [2.45, 2.75) is 13.3 Å². The van der Waals surface area contributed by atoms with Crippen molar-refractivity contribution in [3.05, 3.63) is 24.3 Å². The number of anilines is 1. The zero-order valence-electron chi connectivity index (χ0n) is 6.67. The van der Waals surface area contributed by atoms with E-state index in [9.17, 15) is 9.18 Å². The average molecular weight is 168 g/mol. The summed E-state index contributed by atoms with van der Waals surface area (Å²) >= 11 is 0. The fourth-order valence-corrected chi connectivity index (χ4v) is 0.730. The van der Waals surface area contributed by atoms with Gasteiger partial charge in [0.25, 0.3) is 0 Å². The first kappa shape index (κ1) is 8.64. The first-order chi connectivity index (χ1) is 5.72. The van der Waals surface area contributed by atoms with E-state index in [1.165, 1.54) is 12.3 Å². The van der Waals surface area contributed by atoms with E-state index in [0.717, 1.165) is 6.20 Å². The molecule has 1 amide bonds. The highest BCUT2D eigenvalue weighted by Gasteiger charge is 1.99. The highest BCUT2D eigenvalue weighted by atomic mass is 19.1. The predicted molar refractivity (Wildman–Crippen MR) is 43.1 cm³/mol. The second-order valence-electron chi connectivity index (χ2n) is 2.29. The molecule has 0 atom stereocenters. The van der Waals surface area contributed by atoms with E-state index in [4.69, 9.17) is 0 Å². The molecular formula is C8H9FN2O. The number of carbonyl (C=O) groups excluding carboxylic acids is 1. The van der Waals surface area contributed by atoms with Crippen LogP contribution in [0.15, 0.2) is 18.5 Å². The van der Waals surface area contributed by atoms with Gasteiger partial charge in [0.15, 0.2) is 0 Å². The molecule has 0 saturated heterocycles. The van der Waals surface area contributed by atoms with Gasteiger partial charge in [0.05, 0.1) is 18.1 Å². The molecule has 0 aliphatic rings. The number of aromatic nitrogens is 1. The largest absolute Gasteiger partial charge is 0.325 e. The van der Waals surface area contributed by atoms with Gasteiger partial charge in [-0.3, -0.25) is 9.78 Å². The fraction of sp³-hybridized carbons (Fsp3) is 0.250. The Kier molecular flexibility index (Phi) is 2.74. The molecule has 12 heavy (non-hydrogen) atoms. The van der Waals surface area contributed by atoms with Gasteiger partial charge in [0, 0.05) is 12.5 Å². The lowest BCUT2D eigenvalue weighted by molar-refractivity contribution is -0.115. The summed E-state index contributed by atoms with van der Waals surface area (Å²) < 4.78 is 12.5. The molecule has 4 heteroatoms. The number of rotatable bonds is 2. The number of hydrogen-bond acceptors (Lipinski definition) is 2. The summed E-state index contributed by atoms with van der Waals surface area (Å²) in [5.74, 6) is -0.605. The van der Waals surface area contributed by atoms with E-state index >= 15 is 0 Å². The summed E-state index contributed by atoms with van der Waals surface area (Å²) in [6.07, 6.45) is 2.86. The number of amides is 1. The molecule has 1 aromatic rings. The van der Waals surface area contributed by atoms with Gasteiger partial charge in [-0.2, -0.15) is 0 Å². The molecule has 0 unspecified atom stereocenters. The van der Waals surface area contributed by atoms with Crippen molar-refractivity contribution in [1.29, 1.82) is 0 Å². The lowest BCUT2D eigenvalue weighted by Gasteiger charge is -2.01. The summed E-state index contributed by atoms with van der Waals surface area (Å²) in [4.78, 5) is 14.4. The molecule has 0 aromatic carbocycles. The summed E-state index contributed by atoms with van der Waals surface area (Å²) in [6, 6.07) is 1.22. The van der Waals surface area contributed by atoms with Crippen LogP contribution in [0.4, 0.5) is 10.1 Å². The van der Waals surface area contributed by atoms with Gasteiger partial charge in [0.1, 0.15) is 5.82 Å². The van der Waals surface area contributed by atoms with E-state index in [1.807, 2.05) is 0 Å². The molecule has 1 N–H and O–H groups in total. The molecule has 64 valence electrons. The highest BCUT2D eigenvalue weighted by Crippen LogP contribution is 2.06. The lowest BCUT2D eigenvalue weighted by Crippen LogP contribution is -2.09. The third-order valence-corrected chi connectivity index (χ3v) is 1.31. The van der Waals surface area contributed by atoms with Crippen molar-refractivity contribution in [1.82, 2.24) is 4.98 Å². The summed E-state index contributed by atoms with van der Waals surface area (Å²) in [7, 11) is 0. The second-order valence-corrected chi connectivity index (χ2v) is 2.29. The average Bonchev–Trinajstić information content (AvgIpc) is 2.04. The zero-order valence-corrected chi connectivity index (χ0v) is 6.67. The molecule has 1 rings (SSSR count). The van der Waals surface area contributed by atoms with Gasteiger partial charge in [0.2, 0.25) is 5.91 Å². The minimum Gasteiger partial charge on any atom is -0.325 e. The lowest BCUT2D eigenvalue weighted by atomic mass is 10.4. The number of pyridine rings is 1. The quantitative estimate of drug-likeness (QED) is 0.728. The Labute approximate surface area is 69.6 Å². The van der Waals surface area contributed by atoms with Crippen LogP contribution in [0.3, 0.4) is 0 Å². The van der Waals surface area contributed by atoms with Crippen LogP contribution in [0.25, 0.3) is 0 Å². The number of nitrogens with one attached hydrogen (secondary N) is 1. The van der Waals surface area contributed by atoms with E-state index in [0.29, 0.717) is 12.1 Å². The molecular weight excluding hydrogens is 159 g/mol. The first-order valence-corrected chi connectivity index (χ1v) is 3.62. The first-order valence-electron chi connectivity index (χ1n) is 3.62. The minimum atomic E-state index is -0.455. The molecule has 0 aliphatic carbocycles. The molecule has 0 fully saturated rings. The molecule has 1 aromatic heterocycles. The van der Waals surface area contributed by atoms with Crippen LogP contribution in [-0.2, 0) is 4.79 Å². The van der Waals surface area contributed by atoms with E-state index in [-0.39, 0.29) is 5.91 Å². The topological polar surface area (TPSA) is 42.0 Å². The van der Waals surface area contributed by atoms with Crippen molar-refractivity contribution in [2.75, 3.05) is 5.32 Å². The van der Waals surface area contributed by atoms with Gasteiger partial charge < -0.3 is 5.32 Å². The van der Waals surface area contributed by atoms with Crippen LogP contribution in [0, 0.1) is 5.82 Å². The Morgan fingerprint density at radius 1 is 1.67 bits per heavy atom. The van der Waals surface area contributed by atoms with Crippen molar-refractivity contribution >= 4 is 11.6 Å². The Morgan fingerprint density at radius 3 is 3.00 bits per heavy atom. The Bertz CT molecular complexity index is 288. The number of carbonyl (C=O) groups is 1. The maximum atomic E-state index is 12.5. The SMILES string of the molecule is CCC(=O)Nc1cncc(F)c1. The summed E-state index contributed by atoms with van der Waals surface area (Å²) in [5.41, 5.74) is 0.391. The van der Waals surface area contributed by atoms with Crippen molar-refractivity contribution in [3.63, 3.8) is 0 Å². The summed E-state index contributed by atoms with van der Waals surface area (Å²) in [6.45, 7) is 1.72. The Morgan fingerprint density at radius 2 is 2.42 bits per heavy atom. The number of nitrogens with zero attached hydrogens (tertiary/aromatic N) is 1. The molecule has 0 aliphatic heterocycles. The third kappa shape index (κ3) is 2.30. The number of halogens is 1. The molecule has 0 radical (unpaired) electrons. The highest BCUT2D eigenvalue weighted by molar-refractivity contribution is 5.90. The van der Waals surface area contributed by atoms with Gasteiger partial charge >= 0.3 is 0 Å². The van der Waals surface area contributed by atoms with Crippen LogP contribution in [0.2, 0.25) is 0 Å². The van der Waals surface area contributed by atoms with Gasteiger partial charge in [-0.1, -0.05) is 6.92 Å². The monoisotopic (exact) mass is 168 g/mol. The molecule has 0 bridgehead atoms. The van der Waals surface area contributed by atoms with Crippen LogP contribution in [0.1, 0.15) is 13.3 Å². The van der Waals surface area contributed by atoms with Crippen LogP contribution >= 0.6 is 0 Å². The van der Waals surface area contributed by atoms with Gasteiger partial charge in [-0.05, 0) is 0 Å². The third-order valence-electron chi connectivity index (χ3n) is 1.31. The minimum absolute atomic E-state index is 0.151. The van der Waals surface area contributed by atoms with Crippen LogP contribution in [-0.4, -0.2) is 10.9 Å². The van der Waals surface area contributed by atoms with E-state index < -0.39 is 5.82 Å². The standard InChI is InChI=1S/C8H9FN2O/c1-2-8(12)11-7-3-6(9)4-10-5-7/h3-5H,2H2,1H3,(H,11,12). The molecule has 3 nitrogen and oxygen atoms in total. The maximum Gasteiger partial charge on any atom is 0.224 e. The fourth-order valence-electron chi connectivity index (χ4n) is 0.730. The van der Waals surface area contributed by atoms with Crippen LogP contribution < -0.4 is 5.32 Å². The van der Waals surface area contributed by atoms with Crippen LogP contribution in [0.5, 0.6) is 0 Å². The summed E-state index contributed by atoms with van der Waals surface area (Å²) in [5, 5.41) is 2.49. The van der Waals surface area contributed by atoms with Crippen molar-refractivity contribution < 1.29 is 9.18 Å². The maximum absolute atomic E-state index is 12.5. The second kappa shape index (κ2) is 3.80. The van der Waals surface area contributed by atoms with Gasteiger partial charge in [-0.25, -0.2) is 4.39 Å². The van der Waals surface area contributed by atoms with E-state index in [2.05, 4.69) is 10.3 Å². The normalized spacial score (nSPS) is 9.50. The zero-order chi connectivity index (χ0) is 8.97. The predicted octanol–water partition coefficient (Wildman–Crippen LogP) is 1.57. The van der Waals surface area contributed by atoms with Crippen molar-refractivity contribution in [2.24, 2.45) is 0 Å². The number of hydrogen-bond donors (Lipinski definition) is 1. The van der Waals surface area contributed by atoms with Gasteiger partial charge in [-0.15, -0.1) is 0 Å². The molecule has 0 spiro atoms. The Balaban J connectivity index is 2.69. The Hall–Kier alpha value is -1.45.